The summed E-state index contributed by atoms with van der Waals surface area (Å²) in [4.78, 5) is 12.8. The van der Waals surface area contributed by atoms with Crippen LogP contribution >= 0.6 is 0 Å². The molecule has 0 radical (unpaired) electrons. The van der Waals surface area contributed by atoms with Crippen LogP contribution in [0.1, 0.15) is 12.5 Å². The maximum atomic E-state index is 12.8. The third-order valence-corrected chi connectivity index (χ3v) is 7.54. The first-order valence-electron chi connectivity index (χ1n) is 10.0. The van der Waals surface area contributed by atoms with Crippen LogP contribution in [-0.2, 0) is 24.8 Å². The quantitative estimate of drug-likeness (QED) is 0.504. The zero-order valence-electron chi connectivity index (χ0n) is 18.4. The van der Waals surface area contributed by atoms with Crippen molar-refractivity contribution in [1.82, 2.24) is 0 Å². The van der Waals surface area contributed by atoms with Crippen molar-refractivity contribution in [3.05, 3.63) is 84.4 Å². The zero-order chi connectivity index (χ0) is 24.2. The Kier molecular flexibility index (Phi) is 7.09. The average Bonchev–Trinajstić information content (AvgIpc) is 2.75. The number of amides is 1. The Bertz CT molecular complexity index is 1340. The van der Waals surface area contributed by atoms with Crippen molar-refractivity contribution in [3.8, 4) is 0 Å². The molecule has 0 fully saturated rings. The number of anilines is 3. The summed E-state index contributed by atoms with van der Waals surface area (Å²) in [6.07, 6.45) is 1.03. The highest BCUT2D eigenvalue weighted by molar-refractivity contribution is 7.92. The van der Waals surface area contributed by atoms with Crippen molar-refractivity contribution in [2.24, 2.45) is 0 Å². The molecular weight excluding hydrogens is 462 g/mol. The molecule has 10 heteroatoms. The third-order valence-electron chi connectivity index (χ3n) is 4.92. The Morgan fingerprint density at radius 1 is 0.848 bits per heavy atom. The predicted octanol–water partition coefficient (Wildman–Crippen LogP) is 3.59. The standard InChI is InChI=1S/C23H25N3O5S2/c1-17-9-7-8-12-22(17)25-33(30,31)21-15-13-19(14-16-21)24-23(27)18(2)26(32(3,28)29)20-10-5-4-6-11-20/h4-16,18,25H,1-3H3,(H,24,27)/t18-/m0/s1. The summed E-state index contributed by atoms with van der Waals surface area (Å²) in [7, 11) is -7.55. The van der Waals surface area contributed by atoms with Gasteiger partial charge in [0.25, 0.3) is 10.0 Å². The van der Waals surface area contributed by atoms with Crippen molar-refractivity contribution < 1.29 is 21.6 Å². The number of carbonyl (C=O) groups is 1. The summed E-state index contributed by atoms with van der Waals surface area (Å²) >= 11 is 0. The lowest BCUT2D eigenvalue weighted by molar-refractivity contribution is -0.116. The number of benzene rings is 3. The molecule has 33 heavy (non-hydrogen) atoms. The molecule has 0 aliphatic rings. The molecule has 0 aliphatic carbocycles. The first-order valence-corrected chi connectivity index (χ1v) is 13.4. The maximum Gasteiger partial charge on any atom is 0.261 e. The van der Waals surface area contributed by atoms with Crippen LogP contribution in [0.5, 0.6) is 0 Å². The summed E-state index contributed by atoms with van der Waals surface area (Å²) in [5.41, 5.74) is 1.97. The van der Waals surface area contributed by atoms with E-state index in [0.717, 1.165) is 16.1 Å². The largest absolute Gasteiger partial charge is 0.324 e. The minimum Gasteiger partial charge on any atom is -0.324 e. The molecule has 0 aliphatic heterocycles. The maximum absolute atomic E-state index is 12.8. The van der Waals surface area contributed by atoms with Crippen LogP contribution in [0.2, 0.25) is 0 Å². The molecular formula is C23H25N3O5S2. The van der Waals surface area contributed by atoms with Crippen molar-refractivity contribution in [2.45, 2.75) is 24.8 Å². The van der Waals surface area contributed by atoms with Gasteiger partial charge in [0.15, 0.2) is 0 Å². The summed E-state index contributed by atoms with van der Waals surface area (Å²) in [6, 6.07) is 19.9. The lowest BCUT2D eigenvalue weighted by Crippen LogP contribution is -2.45. The fourth-order valence-electron chi connectivity index (χ4n) is 3.24. The molecule has 0 bridgehead atoms. The van der Waals surface area contributed by atoms with Gasteiger partial charge in [-0.1, -0.05) is 36.4 Å². The third kappa shape index (κ3) is 5.91. The van der Waals surface area contributed by atoms with E-state index in [9.17, 15) is 21.6 Å². The van der Waals surface area contributed by atoms with Gasteiger partial charge in [-0.25, -0.2) is 16.8 Å². The van der Waals surface area contributed by atoms with Crippen LogP contribution < -0.4 is 14.3 Å². The Morgan fingerprint density at radius 3 is 2.00 bits per heavy atom. The Labute approximate surface area is 194 Å². The molecule has 0 spiro atoms. The highest BCUT2D eigenvalue weighted by atomic mass is 32.2. The zero-order valence-corrected chi connectivity index (χ0v) is 20.0. The molecule has 0 unspecified atom stereocenters. The molecule has 0 aromatic heterocycles. The molecule has 2 N–H and O–H groups in total. The molecule has 3 rings (SSSR count). The van der Waals surface area contributed by atoms with E-state index in [1.54, 1.807) is 55.5 Å². The van der Waals surface area contributed by atoms with Gasteiger partial charge in [0.1, 0.15) is 6.04 Å². The Hall–Kier alpha value is -3.37. The smallest absolute Gasteiger partial charge is 0.261 e. The van der Waals surface area contributed by atoms with E-state index in [4.69, 9.17) is 0 Å². The molecule has 3 aromatic rings. The lowest BCUT2D eigenvalue weighted by atomic mass is 10.2. The number of aryl methyl sites for hydroxylation is 1. The number of sulfonamides is 2. The van der Waals surface area contributed by atoms with Crippen LogP contribution in [0, 0.1) is 6.92 Å². The molecule has 0 saturated heterocycles. The molecule has 1 amide bonds. The molecule has 8 nitrogen and oxygen atoms in total. The summed E-state index contributed by atoms with van der Waals surface area (Å²) < 4.78 is 53.6. The molecule has 1 atom stereocenters. The van der Waals surface area contributed by atoms with Crippen molar-refractivity contribution >= 4 is 43.0 Å². The van der Waals surface area contributed by atoms with Crippen molar-refractivity contribution in [1.29, 1.82) is 0 Å². The number of nitrogens with one attached hydrogen (secondary N) is 2. The number of hydrogen-bond acceptors (Lipinski definition) is 5. The van der Waals surface area contributed by atoms with E-state index in [1.807, 2.05) is 6.07 Å². The first-order chi connectivity index (χ1) is 15.5. The molecule has 0 heterocycles. The average molecular weight is 488 g/mol. The number of nitrogens with zero attached hydrogens (tertiary/aromatic N) is 1. The van der Waals surface area contributed by atoms with Crippen LogP contribution in [0.15, 0.2) is 83.8 Å². The summed E-state index contributed by atoms with van der Waals surface area (Å²) in [6.45, 7) is 3.28. The second-order valence-electron chi connectivity index (χ2n) is 7.50. The van der Waals surface area contributed by atoms with E-state index in [0.29, 0.717) is 17.1 Å². The van der Waals surface area contributed by atoms with Gasteiger partial charge in [-0.3, -0.25) is 13.8 Å². The van der Waals surface area contributed by atoms with Gasteiger partial charge >= 0.3 is 0 Å². The van der Waals surface area contributed by atoms with Gasteiger partial charge in [-0.05, 0) is 61.9 Å². The minimum absolute atomic E-state index is 0.0267. The van der Waals surface area contributed by atoms with E-state index >= 15 is 0 Å². The monoisotopic (exact) mass is 487 g/mol. The van der Waals surface area contributed by atoms with Crippen LogP contribution in [-0.4, -0.2) is 35.0 Å². The second kappa shape index (κ2) is 9.63. The van der Waals surface area contributed by atoms with E-state index in [1.165, 1.54) is 31.2 Å². The van der Waals surface area contributed by atoms with Gasteiger partial charge in [0.05, 0.1) is 22.5 Å². The van der Waals surface area contributed by atoms with E-state index in [2.05, 4.69) is 10.0 Å². The molecule has 174 valence electrons. The Balaban J connectivity index is 1.76. The van der Waals surface area contributed by atoms with Gasteiger partial charge in [0, 0.05) is 5.69 Å². The van der Waals surface area contributed by atoms with Crippen molar-refractivity contribution in [2.75, 3.05) is 20.6 Å². The number of rotatable bonds is 8. The van der Waals surface area contributed by atoms with Gasteiger partial charge in [-0.15, -0.1) is 0 Å². The topological polar surface area (TPSA) is 113 Å². The Morgan fingerprint density at radius 2 is 1.42 bits per heavy atom. The highest BCUT2D eigenvalue weighted by Gasteiger charge is 2.29. The molecule has 0 saturated carbocycles. The number of para-hydroxylation sites is 2. The van der Waals surface area contributed by atoms with Crippen molar-refractivity contribution in [3.63, 3.8) is 0 Å². The number of hydrogen-bond donors (Lipinski definition) is 2. The van der Waals surface area contributed by atoms with E-state index in [-0.39, 0.29) is 4.90 Å². The lowest BCUT2D eigenvalue weighted by Gasteiger charge is -2.28. The fourth-order valence-corrected chi connectivity index (χ4v) is 5.54. The SMILES string of the molecule is Cc1ccccc1NS(=O)(=O)c1ccc(NC(=O)[C@H](C)N(c2ccccc2)S(C)(=O)=O)cc1. The van der Waals surface area contributed by atoms with Gasteiger partial charge in [-0.2, -0.15) is 0 Å². The van der Waals surface area contributed by atoms with Crippen LogP contribution in [0.25, 0.3) is 0 Å². The first kappa shape index (κ1) is 24.3. The van der Waals surface area contributed by atoms with Crippen LogP contribution in [0.3, 0.4) is 0 Å². The molecule has 3 aromatic carbocycles. The summed E-state index contributed by atoms with van der Waals surface area (Å²) in [5, 5.41) is 2.64. The second-order valence-corrected chi connectivity index (χ2v) is 11.0. The number of carbonyl (C=O) groups excluding carboxylic acids is 1. The predicted molar refractivity (Wildman–Crippen MR) is 130 cm³/mol. The van der Waals surface area contributed by atoms with Gasteiger partial charge in [0.2, 0.25) is 15.9 Å². The van der Waals surface area contributed by atoms with E-state index < -0.39 is 32.0 Å². The minimum atomic E-state index is -3.82. The van der Waals surface area contributed by atoms with Gasteiger partial charge < -0.3 is 5.32 Å². The highest BCUT2D eigenvalue weighted by Crippen LogP contribution is 2.23. The fraction of sp³-hybridized carbons (Fsp3) is 0.174. The van der Waals surface area contributed by atoms with Crippen LogP contribution in [0.4, 0.5) is 17.1 Å². The normalized spacial score (nSPS) is 12.6. The summed E-state index contributed by atoms with van der Waals surface area (Å²) in [5.74, 6) is -0.557.